The first-order valence-electron chi connectivity index (χ1n) is 19.0. The first-order valence-corrected chi connectivity index (χ1v) is 20.9. The minimum Gasteiger partial charge on any atom is -0.489 e. The molecule has 19 nitrogen and oxygen atoms in total. The maximum Gasteiger partial charge on any atom is 0.434 e. The van der Waals surface area contributed by atoms with Crippen LogP contribution in [-0.4, -0.2) is 144 Å². The second kappa shape index (κ2) is 17.1. The molecule has 1 unspecified atom stereocenters. The van der Waals surface area contributed by atoms with E-state index in [1.807, 2.05) is 6.07 Å². The fourth-order valence-electron chi connectivity index (χ4n) is 7.52. The molecular formula is C36H50N12O7S. The van der Waals surface area contributed by atoms with Crippen molar-refractivity contribution in [1.29, 1.82) is 0 Å². The summed E-state index contributed by atoms with van der Waals surface area (Å²) >= 11 is 0. The van der Waals surface area contributed by atoms with Crippen LogP contribution >= 0.6 is 0 Å². The van der Waals surface area contributed by atoms with Gasteiger partial charge < -0.3 is 39.4 Å². The summed E-state index contributed by atoms with van der Waals surface area (Å²) in [6.45, 7) is 9.83. The van der Waals surface area contributed by atoms with Crippen LogP contribution in [0.3, 0.4) is 0 Å². The number of imidazole rings is 1. The molecule has 1 atom stereocenters. The molecule has 4 aromatic heterocycles. The first-order chi connectivity index (χ1) is 26.9. The van der Waals surface area contributed by atoms with Crippen LogP contribution in [0.25, 0.3) is 10.9 Å². The Balaban J connectivity index is 1.04. The van der Waals surface area contributed by atoms with Crippen molar-refractivity contribution in [1.82, 2.24) is 39.3 Å². The number of aromatic nitrogens is 6. The SMILES string of the molecule is CC(c1cnc([N+](=O)[O-])n1C)N(c1cnc2cc(N3CCOCC3)nc(OC3CCC(Nc4ncc(OCCN5CCN(C)CC5)cn4)CC3)c2c1)S(C)(=O)=O. The normalized spacial score (nSPS) is 20.5. The average Bonchev–Trinajstić information content (AvgIpc) is 3.58. The molecule has 3 aliphatic rings. The molecule has 0 aromatic carbocycles. The number of pyridine rings is 2. The number of hydrogen-bond donors (Lipinski definition) is 1. The van der Waals surface area contributed by atoms with Crippen LogP contribution < -0.4 is 24.0 Å². The number of sulfonamides is 1. The van der Waals surface area contributed by atoms with Gasteiger partial charge in [-0.3, -0.25) is 14.2 Å². The monoisotopic (exact) mass is 794 g/mol. The number of nitrogens with zero attached hydrogens (tertiary/aromatic N) is 11. The molecule has 0 amide bonds. The second-order valence-electron chi connectivity index (χ2n) is 14.7. The Kier molecular flexibility index (Phi) is 12.0. The van der Waals surface area contributed by atoms with Crippen LogP contribution in [0.5, 0.6) is 11.6 Å². The average molecular weight is 795 g/mol. The molecule has 6 heterocycles. The van der Waals surface area contributed by atoms with Gasteiger partial charge in [0.15, 0.2) is 5.75 Å². The number of likely N-dealkylation sites (N-methyl/N-ethyl adjacent to an activating group) is 1. The summed E-state index contributed by atoms with van der Waals surface area (Å²) in [4.78, 5) is 40.3. The van der Waals surface area contributed by atoms with E-state index >= 15 is 0 Å². The van der Waals surface area contributed by atoms with Gasteiger partial charge in [-0.15, -0.1) is 0 Å². The third-order valence-corrected chi connectivity index (χ3v) is 11.9. The van der Waals surface area contributed by atoms with Gasteiger partial charge in [0.25, 0.3) is 0 Å². The summed E-state index contributed by atoms with van der Waals surface area (Å²) in [5.41, 5.74) is 1.20. The summed E-state index contributed by atoms with van der Waals surface area (Å²) < 4.78 is 47.3. The topological polar surface area (TPSA) is 199 Å². The molecule has 4 aromatic rings. The standard InChI is InChI=1S/C36H50N12O7S/c1-25(32-24-40-36(44(32)3)48(49)50)47(56(4,51)52)27-19-30-31(37-21-27)20-33(46-14-16-53-17-15-46)42-34(30)55-28-7-5-26(6-8-28)41-35-38-22-29(23-39-35)54-18-13-45-11-9-43(2)10-12-45/h19-26,28H,5-18H2,1-4H3,(H,38,39,41). The van der Waals surface area contributed by atoms with Gasteiger partial charge in [0.1, 0.15) is 30.4 Å². The van der Waals surface area contributed by atoms with E-state index in [1.54, 1.807) is 25.4 Å². The molecule has 302 valence electrons. The zero-order chi connectivity index (χ0) is 39.4. The summed E-state index contributed by atoms with van der Waals surface area (Å²) in [7, 11) is -0.269. The molecule has 56 heavy (non-hydrogen) atoms. The van der Waals surface area contributed by atoms with E-state index in [0.29, 0.717) is 72.9 Å². The summed E-state index contributed by atoms with van der Waals surface area (Å²) in [5.74, 6) is 1.87. The second-order valence-corrected chi connectivity index (χ2v) is 16.5. The largest absolute Gasteiger partial charge is 0.489 e. The van der Waals surface area contributed by atoms with Gasteiger partial charge in [0.05, 0.1) is 67.7 Å². The molecule has 1 saturated carbocycles. The Morgan fingerprint density at radius 3 is 2.36 bits per heavy atom. The van der Waals surface area contributed by atoms with E-state index in [-0.39, 0.29) is 23.8 Å². The quantitative estimate of drug-likeness (QED) is 0.144. The van der Waals surface area contributed by atoms with Gasteiger partial charge in [-0.05, 0) is 50.6 Å². The van der Waals surface area contributed by atoms with Crippen LogP contribution in [0.2, 0.25) is 0 Å². The highest BCUT2D eigenvalue weighted by atomic mass is 32.2. The van der Waals surface area contributed by atoms with E-state index in [0.717, 1.165) is 64.7 Å². The molecule has 1 aliphatic carbocycles. The molecule has 2 saturated heterocycles. The molecule has 0 bridgehead atoms. The molecule has 1 N–H and O–H groups in total. The van der Waals surface area contributed by atoms with Crippen molar-refractivity contribution >= 4 is 44.3 Å². The molecule has 0 spiro atoms. The summed E-state index contributed by atoms with van der Waals surface area (Å²) in [6, 6.07) is 2.90. The van der Waals surface area contributed by atoms with Gasteiger partial charge in [0, 0.05) is 57.9 Å². The highest BCUT2D eigenvalue weighted by molar-refractivity contribution is 7.92. The number of nitro groups is 1. The van der Waals surface area contributed by atoms with Crippen molar-refractivity contribution in [3.63, 3.8) is 0 Å². The van der Waals surface area contributed by atoms with Crippen molar-refractivity contribution in [2.45, 2.75) is 50.8 Å². The Labute approximate surface area is 326 Å². The molecular weight excluding hydrogens is 745 g/mol. The third kappa shape index (κ3) is 9.20. The molecule has 0 radical (unpaired) electrons. The van der Waals surface area contributed by atoms with Crippen LogP contribution in [0.1, 0.15) is 44.3 Å². The number of piperazine rings is 1. The first kappa shape index (κ1) is 39.3. The Hall–Kier alpha value is -4.92. The zero-order valence-corrected chi connectivity index (χ0v) is 33.1. The predicted molar refractivity (Wildman–Crippen MR) is 210 cm³/mol. The molecule has 3 fully saturated rings. The number of morpholine rings is 1. The van der Waals surface area contributed by atoms with Crippen molar-refractivity contribution < 1.29 is 27.6 Å². The highest BCUT2D eigenvalue weighted by Gasteiger charge is 2.33. The number of fused-ring (bicyclic) bond motifs is 1. The Morgan fingerprint density at radius 1 is 0.982 bits per heavy atom. The number of rotatable bonds is 14. The van der Waals surface area contributed by atoms with Crippen molar-refractivity contribution in [3.05, 3.63) is 52.7 Å². The zero-order valence-electron chi connectivity index (χ0n) is 32.3. The highest BCUT2D eigenvalue weighted by Crippen LogP contribution is 2.37. The van der Waals surface area contributed by atoms with E-state index in [4.69, 9.17) is 24.2 Å². The van der Waals surface area contributed by atoms with E-state index < -0.39 is 21.0 Å². The van der Waals surface area contributed by atoms with Gasteiger partial charge in [-0.1, -0.05) is 4.98 Å². The lowest BCUT2D eigenvalue weighted by molar-refractivity contribution is -0.396. The van der Waals surface area contributed by atoms with Crippen molar-refractivity contribution in [2.24, 2.45) is 7.05 Å². The van der Waals surface area contributed by atoms with Crippen LogP contribution in [0.15, 0.2) is 36.9 Å². The predicted octanol–water partition coefficient (Wildman–Crippen LogP) is 2.85. The lowest BCUT2D eigenvalue weighted by Gasteiger charge is -2.32. The molecule has 7 rings (SSSR count). The molecule has 2 aliphatic heterocycles. The smallest absolute Gasteiger partial charge is 0.434 e. The summed E-state index contributed by atoms with van der Waals surface area (Å²) in [6.07, 6.45) is 10.3. The minimum absolute atomic E-state index is 0.149. The van der Waals surface area contributed by atoms with E-state index in [9.17, 15) is 18.5 Å². The van der Waals surface area contributed by atoms with Crippen molar-refractivity contribution in [3.8, 4) is 11.6 Å². The maximum absolute atomic E-state index is 13.3. The number of nitrogens with one attached hydrogen (secondary N) is 1. The minimum atomic E-state index is -3.90. The van der Waals surface area contributed by atoms with Gasteiger partial charge in [0.2, 0.25) is 21.9 Å². The lowest BCUT2D eigenvalue weighted by Crippen LogP contribution is -2.45. The summed E-state index contributed by atoms with van der Waals surface area (Å²) in [5, 5.41) is 15.5. The number of hydrogen-bond acceptors (Lipinski definition) is 16. The number of ether oxygens (including phenoxy) is 3. The van der Waals surface area contributed by atoms with E-state index in [2.05, 4.69) is 42.0 Å². The van der Waals surface area contributed by atoms with Gasteiger partial charge in [-0.25, -0.2) is 23.0 Å². The van der Waals surface area contributed by atoms with Crippen molar-refractivity contribution in [2.75, 3.05) is 93.5 Å². The maximum atomic E-state index is 13.3. The Bertz CT molecular complexity index is 2080. The fraction of sp³-hybridized carbons (Fsp3) is 0.583. The van der Waals surface area contributed by atoms with Crippen LogP contribution in [0, 0.1) is 10.1 Å². The van der Waals surface area contributed by atoms with Crippen LogP contribution in [0.4, 0.5) is 23.4 Å². The molecule has 20 heteroatoms. The lowest BCUT2D eigenvalue weighted by atomic mass is 9.93. The van der Waals surface area contributed by atoms with Gasteiger partial charge >= 0.3 is 5.95 Å². The van der Waals surface area contributed by atoms with Crippen LogP contribution in [-0.2, 0) is 21.8 Å². The fourth-order valence-corrected chi connectivity index (χ4v) is 8.69. The third-order valence-electron chi connectivity index (χ3n) is 10.7. The van der Waals surface area contributed by atoms with Gasteiger partial charge in [-0.2, -0.15) is 4.98 Å². The Morgan fingerprint density at radius 2 is 1.70 bits per heavy atom. The van der Waals surface area contributed by atoms with E-state index in [1.165, 1.54) is 28.3 Å². The number of anilines is 3.